The maximum Gasteiger partial charge on any atom is 0.222 e. The Morgan fingerprint density at radius 2 is 2.26 bits per heavy atom. The van der Waals surface area contributed by atoms with Crippen LogP contribution in [0.4, 0.5) is 0 Å². The quantitative estimate of drug-likeness (QED) is 0.799. The van der Waals surface area contributed by atoms with Crippen molar-refractivity contribution in [3.8, 4) is 6.07 Å². The van der Waals surface area contributed by atoms with E-state index in [4.69, 9.17) is 5.26 Å². The van der Waals surface area contributed by atoms with Crippen molar-refractivity contribution >= 4 is 5.91 Å². The van der Waals surface area contributed by atoms with Crippen LogP contribution in [0.25, 0.3) is 0 Å². The van der Waals surface area contributed by atoms with Crippen molar-refractivity contribution in [2.75, 3.05) is 26.2 Å². The third-order valence-electron chi connectivity index (χ3n) is 4.09. The number of hydrogen-bond donors (Lipinski definition) is 1. The fourth-order valence-electron chi connectivity index (χ4n) is 2.71. The molecule has 1 rings (SSSR count). The van der Waals surface area contributed by atoms with Crippen LogP contribution in [-0.4, -0.2) is 37.0 Å². The van der Waals surface area contributed by atoms with E-state index in [9.17, 15) is 4.79 Å². The van der Waals surface area contributed by atoms with E-state index in [1.165, 1.54) is 12.8 Å². The summed E-state index contributed by atoms with van der Waals surface area (Å²) >= 11 is 0. The zero-order valence-electron chi connectivity index (χ0n) is 12.5. The van der Waals surface area contributed by atoms with Gasteiger partial charge in [0.05, 0.1) is 12.0 Å². The van der Waals surface area contributed by atoms with Crippen LogP contribution >= 0.6 is 0 Å². The molecular formula is C15H27N3O. The molecule has 0 aromatic carbocycles. The molecule has 0 spiro atoms. The van der Waals surface area contributed by atoms with Gasteiger partial charge in [0.25, 0.3) is 0 Å². The van der Waals surface area contributed by atoms with Gasteiger partial charge in [-0.05, 0) is 51.6 Å². The summed E-state index contributed by atoms with van der Waals surface area (Å²) in [6, 6.07) is 2.20. The lowest BCUT2D eigenvalue weighted by Gasteiger charge is -2.30. The van der Waals surface area contributed by atoms with Gasteiger partial charge < -0.3 is 10.2 Å². The molecule has 0 radical (unpaired) electrons. The van der Waals surface area contributed by atoms with Crippen LogP contribution in [0.2, 0.25) is 0 Å². The van der Waals surface area contributed by atoms with E-state index in [0.29, 0.717) is 31.3 Å². The minimum atomic E-state index is -0.0875. The van der Waals surface area contributed by atoms with E-state index in [1.54, 1.807) is 0 Å². The molecule has 0 aromatic heterocycles. The first-order chi connectivity index (χ1) is 9.08. The van der Waals surface area contributed by atoms with Crippen LogP contribution in [0, 0.1) is 29.1 Å². The second-order valence-corrected chi connectivity index (χ2v) is 5.75. The SMILES string of the molecule is CCN(CC(C)C#N)C(=O)CC(C)C1CCCNC1. The number of nitrogens with zero attached hydrogens (tertiary/aromatic N) is 2. The Bertz CT molecular complexity index is 318. The third-order valence-corrected chi connectivity index (χ3v) is 4.09. The van der Waals surface area contributed by atoms with Gasteiger partial charge in [-0.3, -0.25) is 4.79 Å². The number of nitriles is 1. The van der Waals surface area contributed by atoms with Crippen molar-refractivity contribution in [1.29, 1.82) is 5.26 Å². The van der Waals surface area contributed by atoms with Gasteiger partial charge in [-0.25, -0.2) is 0 Å². The number of amides is 1. The lowest BCUT2D eigenvalue weighted by atomic mass is 9.85. The van der Waals surface area contributed by atoms with Crippen molar-refractivity contribution in [2.24, 2.45) is 17.8 Å². The molecule has 108 valence electrons. The zero-order valence-corrected chi connectivity index (χ0v) is 12.5. The smallest absolute Gasteiger partial charge is 0.222 e. The van der Waals surface area contributed by atoms with Crippen LogP contribution in [0.3, 0.4) is 0 Å². The van der Waals surface area contributed by atoms with E-state index in [0.717, 1.165) is 13.1 Å². The van der Waals surface area contributed by atoms with E-state index >= 15 is 0 Å². The number of piperidine rings is 1. The van der Waals surface area contributed by atoms with Gasteiger partial charge in [0.1, 0.15) is 0 Å². The maximum absolute atomic E-state index is 12.3. The molecule has 1 heterocycles. The van der Waals surface area contributed by atoms with Crippen LogP contribution < -0.4 is 5.32 Å². The molecule has 1 N–H and O–H groups in total. The second kappa shape index (κ2) is 8.16. The molecule has 1 aliphatic rings. The molecule has 0 saturated carbocycles. The Balaban J connectivity index is 2.44. The molecule has 1 fully saturated rings. The predicted octanol–water partition coefficient (Wildman–Crippen LogP) is 2.02. The third kappa shape index (κ3) is 5.20. The molecule has 0 bridgehead atoms. The van der Waals surface area contributed by atoms with E-state index in [2.05, 4.69) is 18.3 Å². The van der Waals surface area contributed by atoms with E-state index in [1.807, 2.05) is 18.7 Å². The Morgan fingerprint density at radius 1 is 1.53 bits per heavy atom. The summed E-state index contributed by atoms with van der Waals surface area (Å²) in [6.07, 6.45) is 3.05. The van der Waals surface area contributed by atoms with Crippen LogP contribution in [0.15, 0.2) is 0 Å². The molecule has 3 atom stereocenters. The molecule has 1 aliphatic heterocycles. The Morgan fingerprint density at radius 3 is 2.79 bits per heavy atom. The summed E-state index contributed by atoms with van der Waals surface area (Å²) in [5, 5.41) is 12.3. The average Bonchev–Trinajstić information content (AvgIpc) is 2.45. The molecule has 3 unspecified atom stereocenters. The first-order valence-electron chi connectivity index (χ1n) is 7.46. The van der Waals surface area contributed by atoms with Gasteiger partial charge >= 0.3 is 0 Å². The highest BCUT2D eigenvalue weighted by molar-refractivity contribution is 5.76. The Kier molecular flexibility index (Phi) is 6.86. The monoisotopic (exact) mass is 265 g/mol. The molecular weight excluding hydrogens is 238 g/mol. The number of nitrogens with one attached hydrogen (secondary N) is 1. The van der Waals surface area contributed by atoms with E-state index in [-0.39, 0.29) is 11.8 Å². The van der Waals surface area contributed by atoms with Gasteiger partial charge in [-0.15, -0.1) is 0 Å². The lowest BCUT2D eigenvalue weighted by molar-refractivity contribution is -0.132. The maximum atomic E-state index is 12.3. The first kappa shape index (κ1) is 16.0. The summed E-state index contributed by atoms with van der Waals surface area (Å²) in [7, 11) is 0. The fraction of sp³-hybridized carbons (Fsp3) is 0.867. The standard InChI is InChI=1S/C15H27N3O/c1-4-18(11-12(2)9-16)15(19)8-13(3)14-6-5-7-17-10-14/h12-14,17H,4-8,10-11H2,1-3H3. The Labute approximate surface area is 117 Å². The second-order valence-electron chi connectivity index (χ2n) is 5.75. The highest BCUT2D eigenvalue weighted by Gasteiger charge is 2.24. The fourth-order valence-corrected chi connectivity index (χ4v) is 2.71. The molecule has 4 nitrogen and oxygen atoms in total. The van der Waals surface area contributed by atoms with Crippen molar-refractivity contribution in [3.63, 3.8) is 0 Å². The molecule has 0 aromatic rings. The van der Waals surface area contributed by atoms with E-state index < -0.39 is 0 Å². The average molecular weight is 265 g/mol. The summed E-state index contributed by atoms with van der Waals surface area (Å²) in [4.78, 5) is 14.1. The summed E-state index contributed by atoms with van der Waals surface area (Å²) in [5.41, 5.74) is 0. The number of carbonyl (C=O) groups is 1. The minimum Gasteiger partial charge on any atom is -0.342 e. The zero-order chi connectivity index (χ0) is 14.3. The lowest BCUT2D eigenvalue weighted by Crippen LogP contribution is -2.38. The van der Waals surface area contributed by atoms with Gasteiger partial charge in [-0.2, -0.15) is 5.26 Å². The van der Waals surface area contributed by atoms with Crippen molar-refractivity contribution in [1.82, 2.24) is 10.2 Å². The number of rotatable bonds is 6. The minimum absolute atomic E-state index is 0.0875. The van der Waals surface area contributed by atoms with Crippen LogP contribution in [0.5, 0.6) is 0 Å². The molecule has 0 aliphatic carbocycles. The molecule has 1 amide bonds. The molecule has 1 saturated heterocycles. The summed E-state index contributed by atoms with van der Waals surface area (Å²) in [6.45, 7) is 9.42. The van der Waals surface area contributed by atoms with Crippen molar-refractivity contribution in [2.45, 2.75) is 40.0 Å². The highest BCUT2D eigenvalue weighted by atomic mass is 16.2. The Hall–Kier alpha value is -1.08. The predicted molar refractivity (Wildman–Crippen MR) is 76.4 cm³/mol. The van der Waals surface area contributed by atoms with Crippen LogP contribution in [0.1, 0.15) is 40.0 Å². The van der Waals surface area contributed by atoms with Gasteiger partial charge in [-0.1, -0.05) is 6.92 Å². The summed E-state index contributed by atoms with van der Waals surface area (Å²) in [5.74, 6) is 1.15. The largest absolute Gasteiger partial charge is 0.342 e. The number of carbonyl (C=O) groups excluding carboxylic acids is 1. The topological polar surface area (TPSA) is 56.1 Å². The molecule has 19 heavy (non-hydrogen) atoms. The normalized spacial score (nSPS) is 22.3. The summed E-state index contributed by atoms with van der Waals surface area (Å²) < 4.78 is 0. The molecule has 4 heteroatoms. The van der Waals surface area contributed by atoms with Crippen molar-refractivity contribution < 1.29 is 4.79 Å². The first-order valence-corrected chi connectivity index (χ1v) is 7.46. The highest BCUT2D eigenvalue weighted by Crippen LogP contribution is 2.23. The van der Waals surface area contributed by atoms with Gasteiger partial charge in [0, 0.05) is 19.5 Å². The van der Waals surface area contributed by atoms with Gasteiger partial charge in [0.15, 0.2) is 0 Å². The number of hydrogen-bond acceptors (Lipinski definition) is 3. The van der Waals surface area contributed by atoms with Gasteiger partial charge in [0.2, 0.25) is 5.91 Å². The van der Waals surface area contributed by atoms with Crippen molar-refractivity contribution in [3.05, 3.63) is 0 Å². The van der Waals surface area contributed by atoms with Crippen LogP contribution in [-0.2, 0) is 4.79 Å².